The van der Waals surface area contributed by atoms with Gasteiger partial charge in [-0.05, 0) is 42.5 Å². The second kappa shape index (κ2) is 9.20. The molecule has 2 amide bonds. The lowest BCUT2D eigenvalue weighted by Gasteiger charge is -2.17. The molecular formula is C21H21N5O2. The Morgan fingerprint density at radius 2 is 1.61 bits per heavy atom. The number of benzene rings is 3. The molecule has 0 saturated carbocycles. The van der Waals surface area contributed by atoms with E-state index in [-0.39, 0.29) is 12.6 Å². The predicted molar refractivity (Wildman–Crippen MR) is 111 cm³/mol. The number of hydrogen-bond donors (Lipinski definition) is 4. The minimum Gasteiger partial charge on any atom is -0.457 e. The summed E-state index contributed by atoms with van der Waals surface area (Å²) in [6.45, 7) is 0.251. The molecule has 0 aromatic heterocycles. The third kappa shape index (κ3) is 5.33. The number of amides is 2. The summed E-state index contributed by atoms with van der Waals surface area (Å²) in [6.07, 6.45) is 1.02. The van der Waals surface area contributed by atoms with Crippen molar-refractivity contribution in [3.8, 4) is 11.5 Å². The summed E-state index contributed by atoms with van der Waals surface area (Å²) in [5.74, 6) is 7.04. The highest BCUT2D eigenvalue weighted by Crippen LogP contribution is 2.28. The zero-order chi connectivity index (χ0) is 19.8. The van der Waals surface area contributed by atoms with Crippen molar-refractivity contribution in [3.63, 3.8) is 0 Å². The van der Waals surface area contributed by atoms with Crippen molar-refractivity contribution in [1.29, 1.82) is 5.41 Å². The van der Waals surface area contributed by atoms with Gasteiger partial charge in [0.2, 0.25) is 0 Å². The van der Waals surface area contributed by atoms with Crippen LogP contribution in [0.25, 0.3) is 0 Å². The van der Waals surface area contributed by atoms with Crippen LogP contribution in [0.5, 0.6) is 11.5 Å². The van der Waals surface area contributed by atoms with Crippen LogP contribution in [-0.4, -0.2) is 17.4 Å². The topological polar surface area (TPSA) is 103 Å². The highest BCUT2D eigenvalue weighted by Gasteiger charge is 2.10. The fourth-order valence-electron chi connectivity index (χ4n) is 2.55. The number of hydrazine groups is 1. The zero-order valence-electron chi connectivity index (χ0n) is 15.1. The van der Waals surface area contributed by atoms with Crippen molar-refractivity contribution in [2.45, 2.75) is 6.54 Å². The van der Waals surface area contributed by atoms with Gasteiger partial charge >= 0.3 is 6.03 Å². The number of carbonyl (C=O) groups excluding carboxylic acids is 1. The molecule has 7 nitrogen and oxygen atoms in total. The average Bonchev–Trinajstić information content (AvgIpc) is 2.71. The maximum Gasteiger partial charge on any atom is 0.323 e. The van der Waals surface area contributed by atoms with Gasteiger partial charge in [-0.2, -0.15) is 0 Å². The largest absolute Gasteiger partial charge is 0.457 e. The molecule has 7 heteroatoms. The Morgan fingerprint density at radius 1 is 0.964 bits per heavy atom. The van der Waals surface area contributed by atoms with E-state index >= 15 is 0 Å². The van der Waals surface area contributed by atoms with E-state index in [4.69, 9.17) is 16.0 Å². The van der Waals surface area contributed by atoms with Crippen LogP contribution in [0.3, 0.4) is 0 Å². The summed E-state index contributed by atoms with van der Waals surface area (Å²) in [5, 5.41) is 14.1. The first kappa shape index (κ1) is 18.9. The Balaban J connectivity index is 1.77. The van der Waals surface area contributed by atoms with Gasteiger partial charge in [0.25, 0.3) is 0 Å². The van der Waals surface area contributed by atoms with Crippen molar-refractivity contribution < 1.29 is 9.53 Å². The molecule has 0 radical (unpaired) electrons. The number of nitrogens with one attached hydrogen (secondary N) is 3. The van der Waals surface area contributed by atoms with Gasteiger partial charge < -0.3 is 15.4 Å². The summed E-state index contributed by atoms with van der Waals surface area (Å²) in [6, 6.07) is 23.5. The van der Waals surface area contributed by atoms with E-state index in [1.807, 2.05) is 48.5 Å². The van der Waals surface area contributed by atoms with E-state index in [0.29, 0.717) is 22.9 Å². The van der Waals surface area contributed by atoms with Gasteiger partial charge in [0, 0.05) is 16.9 Å². The van der Waals surface area contributed by atoms with Crippen molar-refractivity contribution in [3.05, 3.63) is 84.4 Å². The summed E-state index contributed by atoms with van der Waals surface area (Å²) in [7, 11) is 0. The normalized spacial score (nSPS) is 10.0. The van der Waals surface area contributed by atoms with E-state index in [0.717, 1.165) is 11.9 Å². The lowest BCUT2D eigenvalue weighted by atomic mass is 10.1. The molecule has 3 aromatic carbocycles. The standard InChI is InChI=1S/C21H21N5O2/c22-15-26(23)14-16-13-18(25-21(27)24-17-7-3-1-4-8-17)11-12-20(16)28-19-9-5-2-6-10-19/h1-13,15,22H,14,23H2,(H2,24,25,27). The molecule has 0 saturated heterocycles. The molecular weight excluding hydrogens is 354 g/mol. The maximum absolute atomic E-state index is 12.2. The molecule has 0 bridgehead atoms. The molecule has 0 unspecified atom stereocenters. The highest BCUT2D eigenvalue weighted by atomic mass is 16.5. The van der Waals surface area contributed by atoms with Crippen LogP contribution < -0.4 is 21.2 Å². The molecule has 0 heterocycles. The van der Waals surface area contributed by atoms with Crippen molar-refractivity contribution in [1.82, 2.24) is 5.01 Å². The van der Waals surface area contributed by atoms with Crippen LogP contribution >= 0.6 is 0 Å². The minimum absolute atomic E-state index is 0.251. The first-order valence-corrected chi connectivity index (χ1v) is 8.65. The number of urea groups is 1. The quantitative estimate of drug-likeness (QED) is 0.213. The molecule has 3 rings (SSSR count). The second-order valence-electron chi connectivity index (χ2n) is 5.98. The molecule has 142 valence electrons. The molecule has 0 aliphatic carbocycles. The van der Waals surface area contributed by atoms with Gasteiger partial charge in [0.05, 0.1) is 12.9 Å². The third-order valence-corrected chi connectivity index (χ3v) is 3.84. The van der Waals surface area contributed by atoms with Crippen LogP contribution in [-0.2, 0) is 6.54 Å². The van der Waals surface area contributed by atoms with Crippen molar-refractivity contribution in [2.75, 3.05) is 10.6 Å². The van der Waals surface area contributed by atoms with Crippen molar-refractivity contribution in [2.24, 2.45) is 5.84 Å². The Morgan fingerprint density at radius 3 is 2.29 bits per heavy atom. The third-order valence-electron chi connectivity index (χ3n) is 3.84. The number of ether oxygens (including phenoxy) is 1. The number of carbonyl (C=O) groups is 1. The smallest absolute Gasteiger partial charge is 0.323 e. The minimum atomic E-state index is -0.356. The molecule has 0 spiro atoms. The zero-order valence-corrected chi connectivity index (χ0v) is 15.1. The Bertz CT molecular complexity index is 932. The molecule has 0 atom stereocenters. The van der Waals surface area contributed by atoms with Gasteiger partial charge in [-0.3, -0.25) is 10.4 Å². The van der Waals surface area contributed by atoms with E-state index in [1.165, 1.54) is 5.01 Å². The number of nitrogens with zero attached hydrogens (tertiary/aromatic N) is 1. The van der Waals surface area contributed by atoms with E-state index in [1.54, 1.807) is 30.3 Å². The fourth-order valence-corrected chi connectivity index (χ4v) is 2.55. The van der Waals surface area contributed by atoms with Gasteiger partial charge in [-0.25, -0.2) is 10.6 Å². The lowest BCUT2D eigenvalue weighted by molar-refractivity contribution is 0.262. The maximum atomic E-state index is 12.2. The molecule has 5 N–H and O–H groups in total. The molecule has 0 aliphatic heterocycles. The number of rotatable bonds is 7. The van der Waals surface area contributed by atoms with E-state index in [2.05, 4.69) is 10.6 Å². The Labute approximate surface area is 163 Å². The first-order valence-electron chi connectivity index (χ1n) is 8.65. The number of anilines is 2. The summed E-state index contributed by atoms with van der Waals surface area (Å²) in [4.78, 5) is 12.2. The summed E-state index contributed by atoms with van der Waals surface area (Å²) >= 11 is 0. The molecule has 0 fully saturated rings. The number of para-hydroxylation sites is 2. The first-order chi connectivity index (χ1) is 13.6. The van der Waals surface area contributed by atoms with Crippen LogP contribution in [0.1, 0.15) is 5.56 Å². The lowest BCUT2D eigenvalue weighted by Crippen LogP contribution is -2.28. The molecule has 3 aromatic rings. The Hall–Kier alpha value is -3.84. The van der Waals surface area contributed by atoms with Crippen LogP contribution in [0.4, 0.5) is 16.2 Å². The SMILES string of the molecule is N=CN(N)Cc1cc(NC(=O)Nc2ccccc2)ccc1Oc1ccccc1. The van der Waals surface area contributed by atoms with Crippen LogP contribution in [0.15, 0.2) is 78.9 Å². The molecule has 28 heavy (non-hydrogen) atoms. The Kier molecular flexibility index (Phi) is 6.22. The number of hydrogen-bond acceptors (Lipinski definition) is 4. The average molecular weight is 375 g/mol. The summed E-state index contributed by atoms with van der Waals surface area (Å²) < 4.78 is 5.92. The molecule has 0 aliphatic rings. The van der Waals surface area contributed by atoms with E-state index < -0.39 is 0 Å². The highest BCUT2D eigenvalue weighted by molar-refractivity contribution is 5.99. The van der Waals surface area contributed by atoms with Gasteiger partial charge in [-0.1, -0.05) is 36.4 Å². The monoisotopic (exact) mass is 375 g/mol. The predicted octanol–water partition coefficient (Wildman–Crippen LogP) is 4.41. The van der Waals surface area contributed by atoms with E-state index in [9.17, 15) is 4.79 Å². The number of nitrogens with two attached hydrogens (primary N) is 1. The van der Waals surface area contributed by atoms with Gasteiger partial charge in [0.1, 0.15) is 11.5 Å². The van der Waals surface area contributed by atoms with Crippen LogP contribution in [0.2, 0.25) is 0 Å². The summed E-state index contributed by atoms with van der Waals surface area (Å²) in [5.41, 5.74) is 2.01. The fraction of sp³-hybridized carbons (Fsp3) is 0.0476. The second-order valence-corrected chi connectivity index (χ2v) is 5.98. The van der Waals surface area contributed by atoms with Gasteiger partial charge in [-0.15, -0.1) is 0 Å². The van der Waals surface area contributed by atoms with Crippen LogP contribution in [0, 0.1) is 5.41 Å². The van der Waals surface area contributed by atoms with Gasteiger partial charge in [0.15, 0.2) is 0 Å². The van der Waals surface area contributed by atoms with Crippen molar-refractivity contribution >= 4 is 23.7 Å².